The molecule has 0 amide bonds. The van der Waals surface area contributed by atoms with Gasteiger partial charge in [0, 0.05) is 15.8 Å². The summed E-state index contributed by atoms with van der Waals surface area (Å²) in [6, 6.07) is 5.23. The summed E-state index contributed by atoms with van der Waals surface area (Å²) in [4.78, 5) is 11.7. The van der Waals surface area contributed by atoms with Crippen molar-refractivity contribution in [2.45, 2.75) is 0 Å². The molecule has 0 atom stereocenters. The summed E-state index contributed by atoms with van der Waals surface area (Å²) in [6.07, 6.45) is 1.44. The third-order valence-corrected chi connectivity index (χ3v) is 3.67. The summed E-state index contributed by atoms with van der Waals surface area (Å²) in [5.74, 6) is 0.0331. The van der Waals surface area contributed by atoms with Crippen LogP contribution in [0.1, 0.15) is 16.2 Å². The summed E-state index contributed by atoms with van der Waals surface area (Å²) < 4.78 is 10.7. The highest BCUT2D eigenvalue weighted by molar-refractivity contribution is 14.1. The van der Waals surface area contributed by atoms with Crippen molar-refractivity contribution in [3.8, 4) is 11.8 Å². The number of esters is 1. The summed E-state index contributed by atoms with van der Waals surface area (Å²) in [5.41, 5.74) is 1.16. The molecule has 0 aliphatic rings. The number of anilines is 1. The van der Waals surface area contributed by atoms with Gasteiger partial charge in [0.2, 0.25) is 5.82 Å². The quantitative estimate of drug-likeness (QED) is 0.420. The van der Waals surface area contributed by atoms with Crippen molar-refractivity contribution >= 4 is 39.8 Å². The fraction of sp³-hybridized carbons (Fsp3) is 0.154. The van der Waals surface area contributed by atoms with Gasteiger partial charge in [-0.2, -0.15) is 10.5 Å². The lowest BCUT2D eigenvalue weighted by Gasteiger charge is -2.11. The van der Waals surface area contributed by atoms with E-state index in [1.165, 1.54) is 20.4 Å². The average molecular weight is 426 g/mol. The standard InChI is InChI=1S/C13H11IN6O3/c1-22-11-4-10(9(14)3-8(11)13(21)23-2)16-6-7(5-15)12-17-19-20-18-12/h3-4,6,16H,1-2H3,(H,17,18,19,20). The van der Waals surface area contributed by atoms with Crippen molar-refractivity contribution in [2.75, 3.05) is 19.5 Å². The molecular formula is C13H11IN6O3. The van der Waals surface area contributed by atoms with Gasteiger partial charge in [0.05, 0.1) is 19.9 Å². The first-order valence-electron chi connectivity index (χ1n) is 6.17. The lowest BCUT2D eigenvalue weighted by Crippen LogP contribution is -2.06. The molecule has 118 valence electrons. The van der Waals surface area contributed by atoms with Gasteiger partial charge in [0.1, 0.15) is 23.0 Å². The van der Waals surface area contributed by atoms with Crippen LogP contribution in [0, 0.1) is 14.9 Å². The predicted octanol–water partition coefficient (Wildman–Crippen LogP) is 1.58. The number of rotatable bonds is 5. The molecule has 0 saturated carbocycles. The first-order chi connectivity index (χ1) is 11.1. The number of halogens is 1. The predicted molar refractivity (Wildman–Crippen MR) is 88.4 cm³/mol. The van der Waals surface area contributed by atoms with Crippen molar-refractivity contribution in [1.82, 2.24) is 20.6 Å². The second-order valence-electron chi connectivity index (χ2n) is 4.07. The highest BCUT2D eigenvalue weighted by Gasteiger charge is 2.16. The molecule has 10 heteroatoms. The van der Waals surface area contributed by atoms with E-state index in [1.54, 1.807) is 12.1 Å². The maximum Gasteiger partial charge on any atom is 0.341 e. The Labute approximate surface area is 144 Å². The van der Waals surface area contributed by atoms with Gasteiger partial charge in [-0.05, 0) is 33.9 Å². The first-order valence-corrected chi connectivity index (χ1v) is 7.25. The second-order valence-corrected chi connectivity index (χ2v) is 5.24. The zero-order valence-electron chi connectivity index (χ0n) is 12.1. The summed E-state index contributed by atoms with van der Waals surface area (Å²) in [6.45, 7) is 0. The highest BCUT2D eigenvalue weighted by Crippen LogP contribution is 2.29. The van der Waals surface area contributed by atoms with Crippen LogP contribution >= 0.6 is 22.6 Å². The fourth-order valence-corrected chi connectivity index (χ4v) is 2.30. The lowest BCUT2D eigenvalue weighted by molar-refractivity contribution is 0.0597. The Morgan fingerprint density at radius 2 is 2.26 bits per heavy atom. The molecular weight excluding hydrogens is 415 g/mol. The van der Waals surface area contributed by atoms with E-state index < -0.39 is 5.97 Å². The molecule has 1 heterocycles. The molecule has 0 fully saturated rings. The summed E-state index contributed by atoms with van der Waals surface area (Å²) in [5, 5.41) is 25.2. The third-order valence-electron chi connectivity index (χ3n) is 2.77. The Bertz CT molecular complexity index is 782. The third kappa shape index (κ3) is 3.75. The molecule has 0 aliphatic carbocycles. The van der Waals surface area contributed by atoms with Gasteiger partial charge in [-0.3, -0.25) is 0 Å². The van der Waals surface area contributed by atoms with Gasteiger partial charge in [0.25, 0.3) is 0 Å². The zero-order valence-corrected chi connectivity index (χ0v) is 14.3. The van der Waals surface area contributed by atoms with E-state index in [4.69, 9.17) is 14.7 Å². The molecule has 2 aromatic rings. The van der Waals surface area contributed by atoms with Crippen LogP contribution in [-0.4, -0.2) is 40.8 Å². The minimum atomic E-state index is -0.494. The number of nitriles is 1. The van der Waals surface area contributed by atoms with Crippen LogP contribution in [0.2, 0.25) is 0 Å². The molecule has 1 aromatic heterocycles. The average Bonchev–Trinajstić information content (AvgIpc) is 3.10. The van der Waals surface area contributed by atoms with E-state index in [2.05, 4.69) is 48.5 Å². The molecule has 23 heavy (non-hydrogen) atoms. The van der Waals surface area contributed by atoms with Crippen LogP contribution in [0.3, 0.4) is 0 Å². The summed E-state index contributed by atoms with van der Waals surface area (Å²) in [7, 11) is 2.75. The number of hydrogen-bond acceptors (Lipinski definition) is 8. The normalized spacial score (nSPS) is 10.8. The van der Waals surface area contributed by atoms with Crippen molar-refractivity contribution in [1.29, 1.82) is 5.26 Å². The molecule has 0 saturated heterocycles. The van der Waals surface area contributed by atoms with Gasteiger partial charge in [-0.1, -0.05) is 0 Å². The van der Waals surface area contributed by atoms with Crippen LogP contribution in [0.25, 0.3) is 5.57 Å². The number of carbonyl (C=O) groups is 1. The highest BCUT2D eigenvalue weighted by atomic mass is 127. The van der Waals surface area contributed by atoms with Crippen LogP contribution < -0.4 is 10.1 Å². The van der Waals surface area contributed by atoms with E-state index in [0.717, 1.165) is 3.57 Å². The maximum absolute atomic E-state index is 11.7. The topological polar surface area (TPSA) is 126 Å². The van der Waals surface area contributed by atoms with Crippen LogP contribution in [0.15, 0.2) is 18.3 Å². The number of allylic oxidation sites excluding steroid dienone is 1. The number of aromatic nitrogens is 4. The molecule has 2 N–H and O–H groups in total. The largest absolute Gasteiger partial charge is 0.496 e. The van der Waals surface area contributed by atoms with Gasteiger partial charge in [0.15, 0.2) is 0 Å². The van der Waals surface area contributed by atoms with Crippen LogP contribution in [0.5, 0.6) is 5.75 Å². The number of methoxy groups -OCH3 is 2. The minimum Gasteiger partial charge on any atom is -0.496 e. The van der Waals surface area contributed by atoms with Crippen molar-refractivity contribution in [2.24, 2.45) is 0 Å². The summed E-state index contributed by atoms with van der Waals surface area (Å²) >= 11 is 2.05. The number of H-pyrrole nitrogens is 1. The molecule has 0 spiro atoms. The van der Waals surface area contributed by atoms with Gasteiger partial charge < -0.3 is 14.8 Å². The van der Waals surface area contributed by atoms with Gasteiger partial charge in [-0.15, -0.1) is 10.2 Å². The van der Waals surface area contributed by atoms with Crippen molar-refractivity contribution in [3.63, 3.8) is 0 Å². The van der Waals surface area contributed by atoms with E-state index >= 15 is 0 Å². The minimum absolute atomic E-state index is 0.174. The lowest BCUT2D eigenvalue weighted by atomic mass is 10.2. The monoisotopic (exact) mass is 426 g/mol. The second kappa shape index (κ2) is 7.54. The van der Waals surface area contributed by atoms with Crippen molar-refractivity contribution < 1.29 is 14.3 Å². The maximum atomic E-state index is 11.7. The molecule has 0 aliphatic heterocycles. The molecule has 0 unspecified atom stereocenters. The Hall–Kier alpha value is -2.68. The van der Waals surface area contributed by atoms with Crippen LogP contribution in [0.4, 0.5) is 5.69 Å². The van der Waals surface area contributed by atoms with Crippen LogP contribution in [-0.2, 0) is 4.74 Å². The molecule has 0 bridgehead atoms. The number of nitrogens with zero attached hydrogens (tertiary/aromatic N) is 4. The number of nitrogens with one attached hydrogen (secondary N) is 2. The number of tetrazole rings is 1. The van der Waals surface area contributed by atoms with Gasteiger partial charge in [-0.25, -0.2) is 4.79 Å². The van der Waals surface area contributed by atoms with Gasteiger partial charge >= 0.3 is 5.97 Å². The molecule has 0 radical (unpaired) electrons. The smallest absolute Gasteiger partial charge is 0.341 e. The van der Waals surface area contributed by atoms with E-state index in [0.29, 0.717) is 17.0 Å². The fourth-order valence-electron chi connectivity index (χ4n) is 1.68. The van der Waals surface area contributed by atoms with E-state index in [9.17, 15) is 4.79 Å². The van der Waals surface area contributed by atoms with E-state index in [1.807, 2.05) is 6.07 Å². The Kier molecular flexibility index (Phi) is 5.47. The number of ether oxygens (including phenoxy) is 2. The number of carbonyl (C=O) groups excluding carboxylic acids is 1. The number of hydrogen-bond donors (Lipinski definition) is 2. The molecule has 1 aromatic carbocycles. The Balaban J connectivity index is 2.34. The number of benzene rings is 1. The van der Waals surface area contributed by atoms with Crippen molar-refractivity contribution in [3.05, 3.63) is 33.3 Å². The SMILES string of the molecule is COC(=O)c1cc(I)c(NC=C(C#N)c2nn[nH]n2)cc1OC. The number of aromatic amines is 1. The Morgan fingerprint density at radius 1 is 1.48 bits per heavy atom. The zero-order chi connectivity index (χ0) is 16.8. The first kappa shape index (κ1) is 16.7. The molecule has 9 nitrogen and oxygen atoms in total. The van der Waals surface area contributed by atoms with E-state index in [-0.39, 0.29) is 11.4 Å². The Morgan fingerprint density at radius 3 is 2.83 bits per heavy atom. The molecule has 2 rings (SSSR count).